The van der Waals surface area contributed by atoms with E-state index in [1.54, 1.807) is 6.26 Å². The van der Waals surface area contributed by atoms with Crippen molar-refractivity contribution in [2.24, 2.45) is 0 Å². The van der Waals surface area contributed by atoms with E-state index in [0.29, 0.717) is 18.9 Å². The number of hydrogen-bond acceptors (Lipinski definition) is 4. The number of hydrogen-bond donors (Lipinski definition) is 2. The number of carbonyl (C=O) groups is 1. The number of rotatable bonds is 6. The van der Waals surface area contributed by atoms with Crippen molar-refractivity contribution < 1.29 is 9.21 Å². The van der Waals surface area contributed by atoms with Crippen molar-refractivity contribution in [3.63, 3.8) is 0 Å². The van der Waals surface area contributed by atoms with Gasteiger partial charge in [-0.05, 0) is 62.6 Å². The van der Waals surface area contributed by atoms with Gasteiger partial charge in [0.2, 0.25) is 5.89 Å². The SMILES string of the molecule is Cc1ccc(-c2nc(CCNC(=O)Nc3ccc(N4CCCCC4)cc3)co2)cc1. The van der Waals surface area contributed by atoms with Gasteiger partial charge in [0.25, 0.3) is 0 Å². The molecule has 156 valence electrons. The van der Waals surface area contributed by atoms with Crippen LogP contribution in [0.1, 0.15) is 30.5 Å². The van der Waals surface area contributed by atoms with Crippen molar-refractivity contribution >= 4 is 17.4 Å². The maximum Gasteiger partial charge on any atom is 0.319 e. The zero-order valence-electron chi connectivity index (χ0n) is 17.4. The minimum atomic E-state index is -0.219. The Bertz CT molecular complexity index is 958. The van der Waals surface area contributed by atoms with Gasteiger partial charge in [-0.2, -0.15) is 0 Å². The molecule has 0 saturated carbocycles. The highest BCUT2D eigenvalue weighted by atomic mass is 16.3. The zero-order chi connectivity index (χ0) is 20.8. The van der Waals surface area contributed by atoms with Crippen molar-refractivity contribution in [1.82, 2.24) is 10.3 Å². The molecule has 1 aromatic heterocycles. The van der Waals surface area contributed by atoms with Crippen LogP contribution < -0.4 is 15.5 Å². The number of amides is 2. The maximum absolute atomic E-state index is 12.2. The van der Waals surface area contributed by atoms with Gasteiger partial charge in [-0.25, -0.2) is 9.78 Å². The van der Waals surface area contributed by atoms with Crippen LogP contribution in [0.25, 0.3) is 11.5 Å². The molecule has 30 heavy (non-hydrogen) atoms. The second kappa shape index (κ2) is 9.48. The highest BCUT2D eigenvalue weighted by Crippen LogP contribution is 2.22. The summed E-state index contributed by atoms with van der Waals surface area (Å²) in [5, 5.41) is 5.75. The molecule has 0 spiro atoms. The van der Waals surface area contributed by atoms with E-state index < -0.39 is 0 Å². The fourth-order valence-electron chi connectivity index (χ4n) is 3.64. The Labute approximate surface area is 177 Å². The van der Waals surface area contributed by atoms with E-state index >= 15 is 0 Å². The number of benzene rings is 2. The Kier molecular flexibility index (Phi) is 6.32. The minimum Gasteiger partial charge on any atom is -0.444 e. The molecule has 3 aromatic rings. The second-order valence-corrected chi connectivity index (χ2v) is 7.74. The highest BCUT2D eigenvalue weighted by Gasteiger charge is 2.11. The standard InChI is InChI=1S/C24H28N4O2/c1-18-5-7-19(8-6-18)23-26-21(17-30-23)13-14-25-24(29)27-20-9-11-22(12-10-20)28-15-3-2-4-16-28/h5-12,17H,2-4,13-16H2,1H3,(H2,25,27,29). The average molecular weight is 405 g/mol. The van der Waals surface area contributed by atoms with Crippen LogP contribution >= 0.6 is 0 Å². The number of nitrogens with zero attached hydrogens (tertiary/aromatic N) is 2. The van der Waals surface area contributed by atoms with Crippen molar-refractivity contribution in [3.05, 3.63) is 66.1 Å². The van der Waals surface area contributed by atoms with Crippen LogP contribution in [0.4, 0.5) is 16.2 Å². The number of carbonyl (C=O) groups excluding carboxylic acids is 1. The van der Waals surface area contributed by atoms with E-state index in [1.165, 1.54) is 30.5 Å². The molecule has 1 aliphatic heterocycles. The van der Waals surface area contributed by atoms with Crippen LogP contribution in [0.2, 0.25) is 0 Å². The van der Waals surface area contributed by atoms with E-state index in [9.17, 15) is 4.79 Å². The minimum absolute atomic E-state index is 0.219. The Balaban J connectivity index is 1.23. The molecule has 2 amide bonds. The Morgan fingerprint density at radius 3 is 2.50 bits per heavy atom. The predicted molar refractivity (Wildman–Crippen MR) is 120 cm³/mol. The predicted octanol–water partition coefficient (Wildman–Crippen LogP) is 5.00. The first-order valence-electron chi connectivity index (χ1n) is 10.6. The number of nitrogens with one attached hydrogen (secondary N) is 2. The molecule has 4 rings (SSSR count). The Hall–Kier alpha value is -3.28. The summed E-state index contributed by atoms with van der Waals surface area (Å²) in [6, 6.07) is 15.9. The lowest BCUT2D eigenvalue weighted by atomic mass is 10.1. The third-order valence-electron chi connectivity index (χ3n) is 5.36. The molecule has 6 nitrogen and oxygen atoms in total. The fraction of sp³-hybridized carbons (Fsp3) is 0.333. The lowest BCUT2D eigenvalue weighted by molar-refractivity contribution is 0.252. The number of aryl methyl sites for hydroxylation is 1. The van der Waals surface area contributed by atoms with Crippen LogP contribution in [-0.4, -0.2) is 30.6 Å². The Morgan fingerprint density at radius 1 is 1.03 bits per heavy atom. The first kappa shape index (κ1) is 20.0. The molecule has 0 radical (unpaired) electrons. The quantitative estimate of drug-likeness (QED) is 0.606. The van der Waals surface area contributed by atoms with Crippen LogP contribution in [0.5, 0.6) is 0 Å². The smallest absolute Gasteiger partial charge is 0.319 e. The fourth-order valence-corrected chi connectivity index (χ4v) is 3.64. The number of oxazole rings is 1. The number of aromatic nitrogens is 1. The summed E-state index contributed by atoms with van der Waals surface area (Å²) in [6.45, 7) is 4.75. The van der Waals surface area contributed by atoms with E-state index in [1.807, 2.05) is 43.3 Å². The summed E-state index contributed by atoms with van der Waals surface area (Å²) < 4.78 is 5.56. The van der Waals surface area contributed by atoms with E-state index in [0.717, 1.165) is 30.0 Å². The van der Waals surface area contributed by atoms with Gasteiger partial charge in [-0.15, -0.1) is 0 Å². The van der Waals surface area contributed by atoms with E-state index in [-0.39, 0.29) is 6.03 Å². The van der Waals surface area contributed by atoms with Crippen molar-refractivity contribution in [2.75, 3.05) is 29.9 Å². The highest BCUT2D eigenvalue weighted by molar-refractivity contribution is 5.89. The van der Waals surface area contributed by atoms with E-state index in [4.69, 9.17) is 4.42 Å². The molecule has 6 heteroatoms. The molecule has 2 heterocycles. The number of urea groups is 1. The molecule has 0 bridgehead atoms. The maximum atomic E-state index is 12.2. The summed E-state index contributed by atoms with van der Waals surface area (Å²) in [7, 11) is 0. The van der Waals surface area contributed by atoms with Crippen LogP contribution in [-0.2, 0) is 6.42 Å². The second-order valence-electron chi connectivity index (χ2n) is 7.74. The monoisotopic (exact) mass is 404 g/mol. The molecule has 2 N–H and O–H groups in total. The van der Waals surface area contributed by atoms with E-state index in [2.05, 4.69) is 32.7 Å². The van der Waals surface area contributed by atoms with Gasteiger partial charge in [0.1, 0.15) is 6.26 Å². The third kappa shape index (κ3) is 5.20. The van der Waals surface area contributed by atoms with Crippen molar-refractivity contribution in [1.29, 1.82) is 0 Å². The summed E-state index contributed by atoms with van der Waals surface area (Å²) in [4.78, 5) is 19.1. The molecule has 0 unspecified atom stereocenters. The number of piperidine rings is 1. The average Bonchev–Trinajstić information content (AvgIpc) is 3.24. The summed E-state index contributed by atoms with van der Waals surface area (Å²) in [6.07, 6.45) is 6.07. The molecule has 0 aliphatic carbocycles. The van der Waals surface area contributed by atoms with Crippen molar-refractivity contribution in [2.45, 2.75) is 32.6 Å². The summed E-state index contributed by atoms with van der Waals surface area (Å²) in [5.74, 6) is 0.600. The number of anilines is 2. The summed E-state index contributed by atoms with van der Waals surface area (Å²) in [5.41, 5.74) is 4.97. The van der Waals surface area contributed by atoms with Gasteiger partial charge in [0, 0.05) is 43.0 Å². The van der Waals surface area contributed by atoms with Gasteiger partial charge in [-0.3, -0.25) is 0 Å². The van der Waals surface area contributed by atoms with Crippen LogP contribution in [0.3, 0.4) is 0 Å². The first-order chi connectivity index (χ1) is 14.7. The normalized spacial score (nSPS) is 13.8. The van der Waals surface area contributed by atoms with Gasteiger partial charge in [0.05, 0.1) is 5.69 Å². The van der Waals surface area contributed by atoms with Gasteiger partial charge in [-0.1, -0.05) is 17.7 Å². The van der Waals surface area contributed by atoms with Crippen LogP contribution in [0, 0.1) is 6.92 Å². The molecule has 1 fully saturated rings. The zero-order valence-corrected chi connectivity index (χ0v) is 17.4. The van der Waals surface area contributed by atoms with Gasteiger partial charge >= 0.3 is 6.03 Å². The summed E-state index contributed by atoms with van der Waals surface area (Å²) >= 11 is 0. The molecule has 2 aromatic carbocycles. The molecular formula is C24H28N4O2. The lowest BCUT2D eigenvalue weighted by Crippen LogP contribution is -2.31. The largest absolute Gasteiger partial charge is 0.444 e. The lowest BCUT2D eigenvalue weighted by Gasteiger charge is -2.28. The Morgan fingerprint density at radius 2 is 1.77 bits per heavy atom. The molecule has 1 saturated heterocycles. The molecule has 0 atom stereocenters. The van der Waals surface area contributed by atoms with Crippen molar-refractivity contribution in [3.8, 4) is 11.5 Å². The van der Waals surface area contributed by atoms with Gasteiger partial charge in [0.15, 0.2) is 0 Å². The molecular weight excluding hydrogens is 376 g/mol. The van der Waals surface area contributed by atoms with Gasteiger partial charge < -0.3 is 20.0 Å². The van der Waals surface area contributed by atoms with Crippen LogP contribution in [0.15, 0.2) is 59.2 Å². The topological polar surface area (TPSA) is 70.4 Å². The first-order valence-corrected chi connectivity index (χ1v) is 10.6. The third-order valence-corrected chi connectivity index (χ3v) is 5.36. The molecule has 1 aliphatic rings.